The minimum atomic E-state index is 0.305. The third kappa shape index (κ3) is 1.76. The number of nitrogens with zero attached hydrogens (tertiary/aromatic N) is 1. The SMILES string of the molecule is CC1c2ccsc2CCN1C1(CN)CCCC1. The van der Waals surface area contributed by atoms with Gasteiger partial charge < -0.3 is 5.73 Å². The van der Waals surface area contributed by atoms with Crippen LogP contribution in [0.25, 0.3) is 0 Å². The Morgan fingerprint density at radius 1 is 1.47 bits per heavy atom. The molecular weight excluding hydrogens is 228 g/mol. The molecule has 1 aliphatic carbocycles. The van der Waals surface area contributed by atoms with E-state index in [-0.39, 0.29) is 0 Å². The lowest BCUT2D eigenvalue weighted by atomic mass is 9.89. The summed E-state index contributed by atoms with van der Waals surface area (Å²) in [6.45, 7) is 4.39. The van der Waals surface area contributed by atoms with E-state index in [4.69, 9.17) is 5.73 Å². The fourth-order valence-electron chi connectivity index (χ4n) is 3.80. The van der Waals surface area contributed by atoms with Crippen molar-refractivity contribution in [1.29, 1.82) is 0 Å². The fraction of sp³-hybridized carbons (Fsp3) is 0.714. The Kier molecular flexibility index (Phi) is 3.01. The molecule has 1 aromatic rings. The Morgan fingerprint density at radius 2 is 2.24 bits per heavy atom. The van der Waals surface area contributed by atoms with Gasteiger partial charge in [0, 0.05) is 29.5 Å². The van der Waals surface area contributed by atoms with Crippen molar-refractivity contribution < 1.29 is 0 Å². The average Bonchev–Trinajstić information content (AvgIpc) is 2.98. The maximum Gasteiger partial charge on any atom is 0.0337 e. The maximum absolute atomic E-state index is 6.12. The number of nitrogens with two attached hydrogens (primary N) is 1. The molecule has 0 spiro atoms. The first-order valence-corrected chi connectivity index (χ1v) is 7.68. The van der Waals surface area contributed by atoms with E-state index in [0.717, 1.165) is 6.54 Å². The van der Waals surface area contributed by atoms with Crippen molar-refractivity contribution in [1.82, 2.24) is 4.90 Å². The Labute approximate surface area is 108 Å². The van der Waals surface area contributed by atoms with Crippen LogP contribution in [0.3, 0.4) is 0 Å². The van der Waals surface area contributed by atoms with Gasteiger partial charge in [0.25, 0.3) is 0 Å². The van der Waals surface area contributed by atoms with Gasteiger partial charge in [-0.05, 0) is 43.2 Å². The molecule has 3 rings (SSSR count). The Bertz CT molecular complexity index is 393. The third-order valence-electron chi connectivity index (χ3n) is 4.80. The molecule has 17 heavy (non-hydrogen) atoms. The molecule has 1 saturated carbocycles. The van der Waals surface area contributed by atoms with E-state index in [1.54, 1.807) is 10.4 Å². The van der Waals surface area contributed by atoms with Crippen LogP contribution < -0.4 is 5.73 Å². The fourth-order valence-corrected chi connectivity index (χ4v) is 4.76. The molecule has 94 valence electrons. The van der Waals surface area contributed by atoms with Gasteiger partial charge in [0.2, 0.25) is 0 Å². The molecule has 2 N–H and O–H groups in total. The predicted octanol–water partition coefficient (Wildman–Crippen LogP) is 2.94. The van der Waals surface area contributed by atoms with E-state index in [1.165, 1.54) is 38.6 Å². The summed E-state index contributed by atoms with van der Waals surface area (Å²) in [4.78, 5) is 4.30. The van der Waals surface area contributed by atoms with Gasteiger partial charge in [-0.1, -0.05) is 12.8 Å². The summed E-state index contributed by atoms with van der Waals surface area (Å²) in [6.07, 6.45) is 6.54. The summed E-state index contributed by atoms with van der Waals surface area (Å²) in [6, 6.07) is 2.88. The Morgan fingerprint density at radius 3 is 2.94 bits per heavy atom. The molecule has 1 aromatic heterocycles. The van der Waals surface area contributed by atoms with Crippen molar-refractivity contribution in [2.24, 2.45) is 5.73 Å². The largest absolute Gasteiger partial charge is 0.329 e. The van der Waals surface area contributed by atoms with E-state index in [9.17, 15) is 0 Å². The first kappa shape index (κ1) is 11.7. The zero-order chi connectivity index (χ0) is 11.9. The molecule has 1 aliphatic heterocycles. The molecule has 2 aliphatic rings. The highest BCUT2D eigenvalue weighted by atomic mass is 32.1. The number of thiophene rings is 1. The first-order valence-electron chi connectivity index (χ1n) is 6.80. The van der Waals surface area contributed by atoms with Gasteiger partial charge >= 0.3 is 0 Å². The third-order valence-corrected chi connectivity index (χ3v) is 5.80. The smallest absolute Gasteiger partial charge is 0.0337 e. The molecule has 0 saturated heterocycles. The second-order valence-electron chi connectivity index (χ2n) is 5.55. The standard InChI is InChI=1S/C14H22N2S/c1-11-12-5-9-17-13(12)4-8-16(11)14(10-15)6-2-3-7-14/h5,9,11H,2-4,6-8,10,15H2,1H3. The highest BCUT2D eigenvalue weighted by Crippen LogP contribution is 2.43. The van der Waals surface area contributed by atoms with Crippen LogP contribution in [-0.4, -0.2) is 23.5 Å². The maximum atomic E-state index is 6.12. The first-order chi connectivity index (χ1) is 8.27. The normalized spacial score (nSPS) is 28.2. The highest BCUT2D eigenvalue weighted by Gasteiger charge is 2.42. The number of hydrogen-bond donors (Lipinski definition) is 1. The van der Waals surface area contributed by atoms with E-state index in [0.29, 0.717) is 11.6 Å². The predicted molar refractivity (Wildman–Crippen MR) is 73.4 cm³/mol. The van der Waals surface area contributed by atoms with Crippen molar-refractivity contribution in [3.05, 3.63) is 21.9 Å². The molecule has 1 atom stereocenters. The van der Waals surface area contributed by atoms with Crippen LogP contribution in [0.1, 0.15) is 49.1 Å². The monoisotopic (exact) mass is 250 g/mol. The van der Waals surface area contributed by atoms with Crippen LogP contribution in [0.5, 0.6) is 0 Å². The van der Waals surface area contributed by atoms with Crippen LogP contribution in [-0.2, 0) is 6.42 Å². The average molecular weight is 250 g/mol. The van der Waals surface area contributed by atoms with Gasteiger partial charge in [0.15, 0.2) is 0 Å². The minimum absolute atomic E-state index is 0.305. The van der Waals surface area contributed by atoms with Gasteiger partial charge in [-0.15, -0.1) is 11.3 Å². The van der Waals surface area contributed by atoms with E-state index >= 15 is 0 Å². The van der Waals surface area contributed by atoms with Crippen molar-refractivity contribution >= 4 is 11.3 Å². The summed E-state index contributed by atoms with van der Waals surface area (Å²) in [7, 11) is 0. The molecule has 0 aromatic carbocycles. The lowest BCUT2D eigenvalue weighted by Crippen LogP contribution is -2.54. The zero-order valence-corrected chi connectivity index (χ0v) is 11.4. The molecule has 0 bridgehead atoms. The van der Waals surface area contributed by atoms with E-state index in [1.807, 2.05) is 11.3 Å². The second kappa shape index (κ2) is 4.38. The summed E-state index contributed by atoms with van der Waals surface area (Å²) in [5.74, 6) is 0. The number of fused-ring (bicyclic) bond motifs is 1. The Hall–Kier alpha value is -0.380. The molecular formula is C14H22N2S. The van der Waals surface area contributed by atoms with Gasteiger partial charge in [0.1, 0.15) is 0 Å². The zero-order valence-electron chi connectivity index (χ0n) is 10.6. The van der Waals surface area contributed by atoms with Crippen LogP contribution in [0.4, 0.5) is 0 Å². The van der Waals surface area contributed by atoms with Crippen LogP contribution in [0, 0.1) is 0 Å². The van der Waals surface area contributed by atoms with Crippen molar-refractivity contribution in [2.45, 2.75) is 50.6 Å². The van der Waals surface area contributed by atoms with E-state index in [2.05, 4.69) is 23.3 Å². The van der Waals surface area contributed by atoms with Gasteiger partial charge in [-0.2, -0.15) is 0 Å². The summed E-state index contributed by atoms with van der Waals surface area (Å²) < 4.78 is 0. The Balaban J connectivity index is 1.90. The van der Waals surface area contributed by atoms with Gasteiger partial charge in [-0.3, -0.25) is 4.90 Å². The molecule has 2 heterocycles. The molecule has 0 amide bonds. The molecule has 3 heteroatoms. The van der Waals surface area contributed by atoms with Crippen molar-refractivity contribution in [3.63, 3.8) is 0 Å². The quantitative estimate of drug-likeness (QED) is 0.874. The van der Waals surface area contributed by atoms with Crippen molar-refractivity contribution in [2.75, 3.05) is 13.1 Å². The summed E-state index contributed by atoms with van der Waals surface area (Å²) in [5.41, 5.74) is 7.98. The number of hydrogen-bond acceptors (Lipinski definition) is 3. The van der Waals surface area contributed by atoms with Crippen LogP contribution in [0.15, 0.2) is 11.4 Å². The minimum Gasteiger partial charge on any atom is -0.329 e. The molecule has 2 nitrogen and oxygen atoms in total. The molecule has 1 unspecified atom stereocenters. The van der Waals surface area contributed by atoms with Crippen molar-refractivity contribution in [3.8, 4) is 0 Å². The summed E-state index contributed by atoms with van der Waals surface area (Å²) >= 11 is 1.92. The van der Waals surface area contributed by atoms with Crippen LogP contribution >= 0.6 is 11.3 Å². The lowest BCUT2D eigenvalue weighted by molar-refractivity contribution is 0.0522. The van der Waals surface area contributed by atoms with Crippen LogP contribution in [0.2, 0.25) is 0 Å². The van der Waals surface area contributed by atoms with E-state index < -0.39 is 0 Å². The second-order valence-corrected chi connectivity index (χ2v) is 6.55. The highest BCUT2D eigenvalue weighted by molar-refractivity contribution is 7.10. The molecule has 1 fully saturated rings. The topological polar surface area (TPSA) is 29.3 Å². The van der Waals surface area contributed by atoms with Gasteiger partial charge in [-0.25, -0.2) is 0 Å². The van der Waals surface area contributed by atoms with Gasteiger partial charge in [0.05, 0.1) is 0 Å². The lowest BCUT2D eigenvalue weighted by Gasteiger charge is -2.46. The molecule has 0 radical (unpaired) electrons. The summed E-state index contributed by atoms with van der Waals surface area (Å²) in [5, 5.41) is 2.24. The number of rotatable bonds is 2.